The maximum Gasteiger partial charge on any atom is 0.236 e. The number of benzene rings is 1. The van der Waals surface area contributed by atoms with E-state index in [1.54, 1.807) is 0 Å². The van der Waals surface area contributed by atoms with Gasteiger partial charge in [-0.05, 0) is 31.5 Å². The van der Waals surface area contributed by atoms with E-state index in [2.05, 4.69) is 37.2 Å². The number of hydrogen-bond acceptors (Lipinski definition) is 1. The molecular weight excluding hydrogens is 322 g/mol. The van der Waals surface area contributed by atoms with Gasteiger partial charge in [0.15, 0.2) is 0 Å². The van der Waals surface area contributed by atoms with Crippen molar-refractivity contribution in [3.05, 3.63) is 34.3 Å². The van der Waals surface area contributed by atoms with Crippen LogP contribution in [0.4, 0.5) is 0 Å². The van der Waals surface area contributed by atoms with Crippen molar-refractivity contribution in [1.82, 2.24) is 5.32 Å². The summed E-state index contributed by atoms with van der Waals surface area (Å²) in [7, 11) is 0. The summed E-state index contributed by atoms with van der Waals surface area (Å²) in [5.74, 6) is -0.00887. The molecular formula is C11H13Br2NO. The molecule has 0 atom stereocenters. The van der Waals surface area contributed by atoms with Crippen LogP contribution in [0.2, 0.25) is 0 Å². The molecule has 0 saturated carbocycles. The van der Waals surface area contributed by atoms with Gasteiger partial charge in [-0.2, -0.15) is 0 Å². The second kappa shape index (κ2) is 5.12. The summed E-state index contributed by atoms with van der Waals surface area (Å²) < 4.78 is 0.529. The molecule has 0 radical (unpaired) electrons. The summed E-state index contributed by atoms with van der Waals surface area (Å²) in [5.41, 5.74) is 1.09. The third-order valence-electron chi connectivity index (χ3n) is 1.91. The zero-order chi connectivity index (χ0) is 11.5. The number of carbonyl (C=O) groups excluding carboxylic acids is 1. The molecule has 0 aliphatic carbocycles. The number of halogens is 2. The van der Waals surface area contributed by atoms with Gasteiger partial charge in [-0.25, -0.2) is 0 Å². The van der Waals surface area contributed by atoms with E-state index in [9.17, 15) is 4.79 Å². The first-order valence-corrected chi connectivity index (χ1v) is 6.20. The van der Waals surface area contributed by atoms with Crippen molar-refractivity contribution in [3.63, 3.8) is 0 Å². The highest BCUT2D eigenvalue weighted by Crippen LogP contribution is 2.16. The molecule has 15 heavy (non-hydrogen) atoms. The SMILES string of the molecule is CC(C)(Br)C(=O)NCc1ccc(Br)cc1. The normalized spacial score (nSPS) is 11.2. The summed E-state index contributed by atoms with van der Waals surface area (Å²) in [6.07, 6.45) is 0. The third-order valence-corrected chi connectivity index (χ3v) is 2.80. The quantitative estimate of drug-likeness (QED) is 0.845. The fraction of sp³-hybridized carbons (Fsp3) is 0.364. The third kappa shape index (κ3) is 4.34. The topological polar surface area (TPSA) is 29.1 Å². The van der Waals surface area contributed by atoms with Gasteiger partial charge in [0.05, 0.1) is 4.32 Å². The molecule has 0 heterocycles. The highest BCUT2D eigenvalue weighted by Gasteiger charge is 2.22. The number of nitrogens with one attached hydrogen (secondary N) is 1. The first-order chi connectivity index (χ1) is 6.89. The van der Waals surface area contributed by atoms with Gasteiger partial charge in [0.1, 0.15) is 0 Å². The van der Waals surface area contributed by atoms with Gasteiger partial charge >= 0.3 is 0 Å². The summed E-state index contributed by atoms with van der Waals surface area (Å²) >= 11 is 6.67. The van der Waals surface area contributed by atoms with E-state index in [1.165, 1.54) is 0 Å². The highest BCUT2D eigenvalue weighted by molar-refractivity contribution is 9.10. The van der Waals surface area contributed by atoms with E-state index in [1.807, 2.05) is 38.1 Å². The molecule has 1 N–H and O–H groups in total. The largest absolute Gasteiger partial charge is 0.351 e. The Morgan fingerprint density at radius 3 is 2.33 bits per heavy atom. The van der Waals surface area contributed by atoms with Gasteiger partial charge in [-0.1, -0.05) is 44.0 Å². The number of hydrogen-bond donors (Lipinski definition) is 1. The van der Waals surface area contributed by atoms with Gasteiger partial charge in [0.2, 0.25) is 5.91 Å². The average Bonchev–Trinajstić information content (AvgIpc) is 2.15. The lowest BCUT2D eigenvalue weighted by Crippen LogP contribution is -2.36. The summed E-state index contributed by atoms with van der Waals surface area (Å²) in [4.78, 5) is 11.5. The van der Waals surface area contributed by atoms with Crippen LogP contribution in [-0.2, 0) is 11.3 Å². The summed E-state index contributed by atoms with van der Waals surface area (Å²) in [6.45, 7) is 4.20. The molecule has 1 amide bonds. The minimum atomic E-state index is -0.512. The van der Waals surface area contributed by atoms with Crippen molar-refractivity contribution in [2.24, 2.45) is 0 Å². The molecule has 0 spiro atoms. The number of alkyl halides is 1. The van der Waals surface area contributed by atoms with Crippen molar-refractivity contribution < 1.29 is 4.79 Å². The van der Waals surface area contributed by atoms with Crippen molar-refractivity contribution in [1.29, 1.82) is 0 Å². The van der Waals surface area contributed by atoms with E-state index >= 15 is 0 Å². The zero-order valence-corrected chi connectivity index (χ0v) is 11.9. The molecule has 0 bridgehead atoms. The second-order valence-corrected chi connectivity index (χ2v) is 6.68. The van der Waals surface area contributed by atoms with E-state index in [0.717, 1.165) is 10.0 Å². The van der Waals surface area contributed by atoms with Crippen LogP contribution in [-0.4, -0.2) is 10.2 Å². The van der Waals surface area contributed by atoms with E-state index in [4.69, 9.17) is 0 Å². The Morgan fingerprint density at radius 2 is 1.87 bits per heavy atom. The second-order valence-electron chi connectivity index (χ2n) is 3.78. The molecule has 0 fully saturated rings. The van der Waals surface area contributed by atoms with Crippen molar-refractivity contribution >= 4 is 37.8 Å². The number of amides is 1. The molecule has 0 aliphatic rings. The molecule has 0 unspecified atom stereocenters. The van der Waals surface area contributed by atoms with Crippen LogP contribution >= 0.6 is 31.9 Å². The zero-order valence-electron chi connectivity index (χ0n) is 8.68. The molecule has 0 aromatic heterocycles. The van der Waals surface area contributed by atoms with Gasteiger partial charge in [0, 0.05) is 11.0 Å². The fourth-order valence-corrected chi connectivity index (χ4v) is 1.40. The Kier molecular flexibility index (Phi) is 4.34. The molecule has 0 saturated heterocycles. The van der Waals surface area contributed by atoms with Gasteiger partial charge in [-0.15, -0.1) is 0 Å². The lowest BCUT2D eigenvalue weighted by molar-refractivity contribution is -0.122. The van der Waals surface area contributed by atoms with E-state index < -0.39 is 4.32 Å². The monoisotopic (exact) mass is 333 g/mol. The van der Waals surface area contributed by atoms with Crippen LogP contribution in [0.3, 0.4) is 0 Å². The molecule has 2 nitrogen and oxygen atoms in total. The predicted octanol–water partition coefficient (Wildman–Crippen LogP) is 3.24. The van der Waals surface area contributed by atoms with Crippen LogP contribution in [0.15, 0.2) is 28.7 Å². The number of rotatable bonds is 3. The Balaban J connectivity index is 2.51. The van der Waals surface area contributed by atoms with Crippen molar-refractivity contribution in [3.8, 4) is 0 Å². The van der Waals surface area contributed by atoms with Crippen LogP contribution < -0.4 is 5.32 Å². The Labute approximate surface area is 107 Å². The molecule has 4 heteroatoms. The molecule has 0 aliphatic heterocycles. The Morgan fingerprint density at radius 1 is 1.33 bits per heavy atom. The van der Waals surface area contributed by atoms with Crippen LogP contribution in [0.1, 0.15) is 19.4 Å². The molecule has 1 aromatic rings. The predicted molar refractivity (Wildman–Crippen MR) is 69.0 cm³/mol. The molecule has 82 valence electrons. The van der Waals surface area contributed by atoms with Crippen LogP contribution in [0, 0.1) is 0 Å². The Hall–Kier alpha value is -0.350. The van der Waals surface area contributed by atoms with Crippen LogP contribution in [0.25, 0.3) is 0 Å². The average molecular weight is 335 g/mol. The maximum absolute atomic E-state index is 11.5. The fourth-order valence-electron chi connectivity index (χ4n) is 0.995. The minimum Gasteiger partial charge on any atom is -0.351 e. The first kappa shape index (κ1) is 12.7. The van der Waals surface area contributed by atoms with E-state index in [0.29, 0.717) is 6.54 Å². The maximum atomic E-state index is 11.5. The smallest absolute Gasteiger partial charge is 0.236 e. The first-order valence-electron chi connectivity index (χ1n) is 4.61. The Bertz CT molecular complexity index is 341. The minimum absolute atomic E-state index is 0.00887. The lowest BCUT2D eigenvalue weighted by Gasteiger charge is -2.15. The van der Waals surface area contributed by atoms with Crippen molar-refractivity contribution in [2.75, 3.05) is 0 Å². The summed E-state index contributed by atoms with van der Waals surface area (Å²) in [5, 5.41) is 2.86. The number of carbonyl (C=O) groups is 1. The van der Waals surface area contributed by atoms with E-state index in [-0.39, 0.29) is 5.91 Å². The van der Waals surface area contributed by atoms with Gasteiger partial charge in [0.25, 0.3) is 0 Å². The highest BCUT2D eigenvalue weighted by atomic mass is 79.9. The molecule has 1 aromatic carbocycles. The lowest BCUT2D eigenvalue weighted by atomic mass is 10.2. The van der Waals surface area contributed by atoms with Gasteiger partial charge < -0.3 is 5.32 Å². The van der Waals surface area contributed by atoms with Gasteiger partial charge in [-0.3, -0.25) is 4.79 Å². The molecule has 1 rings (SSSR count). The van der Waals surface area contributed by atoms with Crippen molar-refractivity contribution in [2.45, 2.75) is 24.7 Å². The standard InChI is InChI=1S/C11H13Br2NO/c1-11(2,13)10(15)14-7-8-3-5-9(12)6-4-8/h3-6H,7H2,1-2H3,(H,14,15). The summed E-state index contributed by atoms with van der Waals surface area (Å²) in [6, 6.07) is 7.87. The van der Waals surface area contributed by atoms with Crippen LogP contribution in [0.5, 0.6) is 0 Å².